The topological polar surface area (TPSA) is 46.5 Å². The van der Waals surface area contributed by atoms with Gasteiger partial charge in [-0.15, -0.1) is 0 Å². The summed E-state index contributed by atoms with van der Waals surface area (Å²) in [6, 6.07) is 15.1. The van der Waals surface area contributed by atoms with Gasteiger partial charge in [-0.1, -0.05) is 56.3 Å². The van der Waals surface area contributed by atoms with Crippen LogP contribution in [0.25, 0.3) is 0 Å². The Balaban J connectivity index is 2.28. The lowest BCUT2D eigenvalue weighted by Crippen LogP contribution is -2.07. The molecule has 21 heavy (non-hydrogen) atoms. The van der Waals surface area contributed by atoms with Crippen LogP contribution < -0.4 is 4.74 Å². The summed E-state index contributed by atoms with van der Waals surface area (Å²) >= 11 is 0. The highest BCUT2D eigenvalue weighted by molar-refractivity contribution is 5.91. The van der Waals surface area contributed by atoms with Crippen molar-refractivity contribution in [3.05, 3.63) is 65.2 Å². The highest BCUT2D eigenvalue weighted by Gasteiger charge is 2.16. The number of ether oxygens (including phenoxy) is 1. The van der Waals surface area contributed by atoms with Gasteiger partial charge in [0.1, 0.15) is 17.9 Å². The molecule has 2 aromatic rings. The van der Waals surface area contributed by atoms with Crippen molar-refractivity contribution < 1.29 is 14.6 Å². The van der Waals surface area contributed by atoms with E-state index < -0.39 is 5.97 Å². The minimum absolute atomic E-state index is 0.226. The maximum absolute atomic E-state index is 11.4. The Labute approximate surface area is 125 Å². The van der Waals surface area contributed by atoms with Gasteiger partial charge in [-0.2, -0.15) is 0 Å². The quantitative estimate of drug-likeness (QED) is 0.866. The molecule has 0 radical (unpaired) electrons. The summed E-state index contributed by atoms with van der Waals surface area (Å²) in [5.74, 6) is -0.0284. The summed E-state index contributed by atoms with van der Waals surface area (Å²) in [5.41, 5.74) is 2.19. The molecule has 0 amide bonds. The SMILES string of the molecule is CC(C)Cc1cccc(C(=O)O)c1OCc1ccccc1. The van der Waals surface area contributed by atoms with Crippen molar-refractivity contribution in [1.82, 2.24) is 0 Å². The fourth-order valence-electron chi connectivity index (χ4n) is 2.25. The predicted octanol–water partition coefficient (Wildman–Crippen LogP) is 4.16. The van der Waals surface area contributed by atoms with Gasteiger partial charge in [-0.3, -0.25) is 0 Å². The van der Waals surface area contributed by atoms with E-state index in [1.54, 1.807) is 12.1 Å². The molecule has 3 nitrogen and oxygen atoms in total. The van der Waals surface area contributed by atoms with E-state index in [4.69, 9.17) is 4.74 Å². The molecule has 2 rings (SSSR count). The molecule has 0 aromatic heterocycles. The fourth-order valence-corrected chi connectivity index (χ4v) is 2.25. The number of carbonyl (C=O) groups is 1. The van der Waals surface area contributed by atoms with E-state index in [2.05, 4.69) is 13.8 Å². The van der Waals surface area contributed by atoms with Crippen LogP contribution in [0, 0.1) is 5.92 Å². The Hall–Kier alpha value is -2.29. The first kappa shape index (κ1) is 15.1. The zero-order chi connectivity index (χ0) is 15.2. The Morgan fingerprint density at radius 1 is 1.10 bits per heavy atom. The Morgan fingerprint density at radius 3 is 2.43 bits per heavy atom. The van der Waals surface area contributed by atoms with E-state index in [9.17, 15) is 9.90 Å². The van der Waals surface area contributed by atoms with E-state index >= 15 is 0 Å². The fraction of sp³-hybridized carbons (Fsp3) is 0.278. The lowest BCUT2D eigenvalue weighted by molar-refractivity contribution is 0.0691. The molecule has 0 fully saturated rings. The number of hydrogen-bond acceptors (Lipinski definition) is 2. The number of rotatable bonds is 6. The first-order chi connectivity index (χ1) is 10.1. The highest BCUT2D eigenvalue weighted by Crippen LogP contribution is 2.27. The van der Waals surface area contributed by atoms with Crippen molar-refractivity contribution in [2.45, 2.75) is 26.9 Å². The molecule has 0 saturated carbocycles. The lowest BCUT2D eigenvalue weighted by Gasteiger charge is -2.15. The third-order valence-corrected chi connectivity index (χ3v) is 3.18. The second kappa shape index (κ2) is 6.93. The van der Waals surface area contributed by atoms with Crippen LogP contribution in [0.2, 0.25) is 0 Å². The van der Waals surface area contributed by atoms with Crippen LogP contribution in [0.4, 0.5) is 0 Å². The van der Waals surface area contributed by atoms with Crippen molar-refractivity contribution >= 4 is 5.97 Å². The molecule has 0 unspecified atom stereocenters. The van der Waals surface area contributed by atoms with E-state index in [1.807, 2.05) is 36.4 Å². The molecule has 0 aliphatic rings. The van der Waals surface area contributed by atoms with Crippen LogP contribution in [0.1, 0.15) is 35.3 Å². The molecule has 110 valence electrons. The van der Waals surface area contributed by atoms with E-state index in [0.717, 1.165) is 17.5 Å². The second-order valence-corrected chi connectivity index (χ2v) is 5.47. The Bertz CT molecular complexity index is 603. The molecule has 0 saturated heterocycles. The van der Waals surface area contributed by atoms with Crippen LogP contribution in [-0.4, -0.2) is 11.1 Å². The third kappa shape index (κ3) is 4.09. The number of carboxylic acid groups (broad SMARTS) is 1. The summed E-state index contributed by atoms with van der Waals surface area (Å²) in [5, 5.41) is 9.34. The molecule has 0 bridgehead atoms. The molecule has 0 aliphatic heterocycles. The standard InChI is InChI=1S/C18H20O3/c1-13(2)11-15-9-6-10-16(18(19)20)17(15)21-12-14-7-4-3-5-8-14/h3-10,13H,11-12H2,1-2H3,(H,19,20). The minimum atomic E-state index is -0.955. The van der Waals surface area contributed by atoms with Gasteiger partial charge in [0.05, 0.1) is 0 Å². The van der Waals surface area contributed by atoms with Crippen molar-refractivity contribution in [1.29, 1.82) is 0 Å². The molecule has 0 aliphatic carbocycles. The number of hydrogen-bond donors (Lipinski definition) is 1. The smallest absolute Gasteiger partial charge is 0.339 e. The zero-order valence-electron chi connectivity index (χ0n) is 12.4. The van der Waals surface area contributed by atoms with Gasteiger partial charge in [0.15, 0.2) is 0 Å². The van der Waals surface area contributed by atoms with Gasteiger partial charge in [-0.05, 0) is 29.5 Å². The number of aromatic carboxylic acids is 1. The van der Waals surface area contributed by atoms with Crippen LogP contribution in [0.3, 0.4) is 0 Å². The maximum Gasteiger partial charge on any atom is 0.339 e. The van der Waals surface area contributed by atoms with Gasteiger partial charge in [0.25, 0.3) is 0 Å². The molecular weight excluding hydrogens is 264 g/mol. The van der Waals surface area contributed by atoms with Crippen molar-refractivity contribution in [2.24, 2.45) is 5.92 Å². The molecule has 3 heteroatoms. The van der Waals surface area contributed by atoms with Crippen LogP contribution in [0.5, 0.6) is 5.75 Å². The van der Waals surface area contributed by atoms with E-state index in [-0.39, 0.29) is 5.56 Å². The lowest BCUT2D eigenvalue weighted by atomic mass is 9.99. The van der Waals surface area contributed by atoms with Crippen molar-refractivity contribution in [3.8, 4) is 5.75 Å². The van der Waals surface area contributed by atoms with E-state index in [1.165, 1.54) is 0 Å². The third-order valence-electron chi connectivity index (χ3n) is 3.18. The summed E-state index contributed by atoms with van der Waals surface area (Å²) in [6.45, 7) is 4.58. The second-order valence-electron chi connectivity index (χ2n) is 5.47. The molecule has 0 spiro atoms. The van der Waals surface area contributed by atoms with Gasteiger partial charge < -0.3 is 9.84 Å². The molecule has 0 atom stereocenters. The van der Waals surface area contributed by atoms with Gasteiger partial charge >= 0.3 is 5.97 Å². The number of para-hydroxylation sites is 1. The average molecular weight is 284 g/mol. The van der Waals surface area contributed by atoms with E-state index in [0.29, 0.717) is 18.3 Å². The molecular formula is C18H20O3. The summed E-state index contributed by atoms with van der Waals surface area (Å²) in [4.78, 5) is 11.4. The highest BCUT2D eigenvalue weighted by atomic mass is 16.5. The van der Waals surface area contributed by atoms with Gasteiger partial charge in [-0.25, -0.2) is 4.79 Å². The van der Waals surface area contributed by atoms with Crippen LogP contribution in [-0.2, 0) is 13.0 Å². The van der Waals surface area contributed by atoms with Crippen molar-refractivity contribution in [2.75, 3.05) is 0 Å². The largest absolute Gasteiger partial charge is 0.488 e. The summed E-state index contributed by atoms with van der Waals surface area (Å²) < 4.78 is 5.84. The van der Waals surface area contributed by atoms with Crippen molar-refractivity contribution in [3.63, 3.8) is 0 Å². The Morgan fingerprint density at radius 2 is 1.81 bits per heavy atom. The molecule has 0 heterocycles. The van der Waals surface area contributed by atoms with Crippen LogP contribution >= 0.6 is 0 Å². The predicted molar refractivity (Wildman–Crippen MR) is 82.7 cm³/mol. The number of benzene rings is 2. The van der Waals surface area contributed by atoms with Gasteiger partial charge in [0, 0.05) is 0 Å². The Kier molecular flexibility index (Phi) is 4.99. The normalized spacial score (nSPS) is 10.6. The van der Waals surface area contributed by atoms with Crippen LogP contribution in [0.15, 0.2) is 48.5 Å². The summed E-state index contributed by atoms with van der Waals surface area (Å²) in [7, 11) is 0. The number of carboxylic acids is 1. The minimum Gasteiger partial charge on any atom is -0.488 e. The zero-order valence-corrected chi connectivity index (χ0v) is 12.4. The average Bonchev–Trinajstić information content (AvgIpc) is 2.46. The maximum atomic E-state index is 11.4. The molecule has 1 N–H and O–H groups in total. The first-order valence-electron chi connectivity index (χ1n) is 7.10. The molecule has 2 aromatic carbocycles. The first-order valence-corrected chi connectivity index (χ1v) is 7.10. The van der Waals surface area contributed by atoms with Gasteiger partial charge in [0.2, 0.25) is 0 Å². The monoisotopic (exact) mass is 284 g/mol. The summed E-state index contributed by atoms with van der Waals surface area (Å²) in [6.07, 6.45) is 0.797.